The third-order valence-corrected chi connectivity index (χ3v) is 13.4. The monoisotopic (exact) mass is 890 g/mol. The van der Waals surface area contributed by atoms with Crippen LogP contribution in [0.5, 0.6) is 0 Å². The molecule has 0 radical (unpaired) electrons. The number of ketones is 2. The first-order valence-electron chi connectivity index (χ1n) is 22.3. The number of aromatic nitrogens is 6. The fraction of sp³-hybridized carbons (Fsp3) is 0.388. The third kappa shape index (κ3) is 10.1. The molecule has 3 N–H and O–H groups in total. The number of aryl methyl sites for hydroxylation is 2. The van der Waals surface area contributed by atoms with Crippen LogP contribution in [0.3, 0.4) is 0 Å². The van der Waals surface area contributed by atoms with E-state index < -0.39 is 10.8 Å². The maximum Gasteiger partial charge on any atom is 0.270 e. The van der Waals surface area contributed by atoms with Crippen LogP contribution in [0.1, 0.15) is 123 Å². The predicted octanol–water partition coefficient (Wildman–Crippen LogP) is 7.20. The molecule has 0 saturated heterocycles. The van der Waals surface area contributed by atoms with E-state index in [1.807, 2.05) is 42.5 Å². The highest BCUT2D eigenvalue weighted by molar-refractivity contribution is 7.84. The topological polar surface area (TPSA) is 232 Å². The Labute approximate surface area is 378 Å². The first-order valence-corrected chi connectivity index (χ1v) is 23.8. The lowest BCUT2D eigenvalue weighted by Gasteiger charge is -2.17. The van der Waals surface area contributed by atoms with Crippen LogP contribution < -0.4 is 22.2 Å². The minimum atomic E-state index is -1.31. The SMILES string of the molecule is CS(=O)c1ncc2cc(C#N)c(=O)n(C3CCCC3)c2n1.N#Cc1cc2cnc(Nc3ccc4c(c3)CCCC(=O)C4)nc2n(C2CCCC2)c1=O.Nc1ccc2c(c1)CCCC(=O)C2. The molecule has 332 valence electrons. The van der Waals surface area contributed by atoms with Crippen LogP contribution in [0, 0.1) is 22.7 Å². The molecule has 1 unspecified atom stereocenters. The van der Waals surface area contributed by atoms with Crippen molar-refractivity contribution in [2.45, 2.75) is 120 Å². The smallest absolute Gasteiger partial charge is 0.270 e. The van der Waals surface area contributed by atoms with Gasteiger partial charge in [-0.1, -0.05) is 37.8 Å². The van der Waals surface area contributed by atoms with Crippen molar-refractivity contribution in [3.05, 3.63) is 115 Å². The number of nitrogen functional groups attached to an aromatic ring is 1. The zero-order valence-corrected chi connectivity index (χ0v) is 37.2. The zero-order chi connectivity index (χ0) is 45.6. The Morgan fingerprint density at radius 2 is 1.15 bits per heavy atom. The molecular weight excluding hydrogens is 841 g/mol. The summed E-state index contributed by atoms with van der Waals surface area (Å²) in [5, 5.41) is 23.3. The van der Waals surface area contributed by atoms with Crippen molar-refractivity contribution in [2.75, 3.05) is 17.3 Å². The molecule has 0 spiro atoms. The first-order chi connectivity index (χ1) is 31.5. The summed E-state index contributed by atoms with van der Waals surface area (Å²) >= 11 is 0. The number of nitrogens with zero attached hydrogens (tertiary/aromatic N) is 8. The minimum absolute atomic E-state index is 0.0568. The molecule has 2 fully saturated rings. The second kappa shape index (κ2) is 19.9. The Morgan fingerprint density at radius 1 is 0.646 bits per heavy atom. The molecule has 2 aromatic carbocycles. The number of anilines is 3. The van der Waals surface area contributed by atoms with Crippen molar-refractivity contribution in [3.8, 4) is 12.1 Å². The zero-order valence-electron chi connectivity index (χ0n) is 36.3. The van der Waals surface area contributed by atoms with Crippen molar-refractivity contribution in [3.63, 3.8) is 0 Å². The number of carbonyl (C=O) groups is 2. The summed E-state index contributed by atoms with van der Waals surface area (Å²) in [6.45, 7) is 0. The van der Waals surface area contributed by atoms with Crippen molar-refractivity contribution in [2.24, 2.45) is 0 Å². The quantitative estimate of drug-likeness (QED) is 0.0991. The van der Waals surface area contributed by atoms with Gasteiger partial charge >= 0.3 is 0 Å². The van der Waals surface area contributed by atoms with E-state index in [1.54, 1.807) is 21.4 Å². The molecular formula is C49H50N10O5S. The second-order valence-electron chi connectivity index (χ2n) is 17.2. The van der Waals surface area contributed by atoms with E-state index in [0.29, 0.717) is 65.3 Å². The number of nitrogens with one attached hydrogen (secondary N) is 1. The molecule has 15 nitrogen and oxygen atoms in total. The molecule has 16 heteroatoms. The average molecular weight is 891 g/mol. The number of nitriles is 2. The van der Waals surface area contributed by atoms with Crippen LogP contribution >= 0.6 is 0 Å². The Hall–Kier alpha value is -6.91. The van der Waals surface area contributed by atoms with Gasteiger partial charge in [0.1, 0.15) is 46.1 Å². The largest absolute Gasteiger partial charge is 0.399 e. The molecule has 10 rings (SSSR count). The average Bonchev–Trinajstić information content (AvgIpc) is 3.97. The van der Waals surface area contributed by atoms with Crippen LogP contribution in [0.2, 0.25) is 0 Å². The number of hydrogen-bond donors (Lipinski definition) is 2. The summed E-state index contributed by atoms with van der Waals surface area (Å²) < 4.78 is 14.9. The fourth-order valence-corrected chi connectivity index (χ4v) is 9.84. The van der Waals surface area contributed by atoms with E-state index in [2.05, 4.69) is 31.3 Å². The molecule has 0 aliphatic heterocycles. The molecule has 0 amide bonds. The van der Waals surface area contributed by atoms with Crippen molar-refractivity contribution >= 4 is 61.8 Å². The van der Waals surface area contributed by atoms with Gasteiger partial charge in [-0.05, 0) is 110 Å². The summed E-state index contributed by atoms with van der Waals surface area (Å²) in [5.41, 5.74) is 12.7. The molecule has 1 atom stereocenters. The Bertz CT molecular complexity index is 3060. The number of fused-ring (bicyclic) bond motifs is 4. The van der Waals surface area contributed by atoms with Crippen molar-refractivity contribution in [1.82, 2.24) is 29.1 Å². The molecule has 0 bridgehead atoms. The fourth-order valence-electron chi connectivity index (χ4n) is 9.43. The number of Topliss-reactive ketones (excluding diaryl/α,β-unsaturated/α-hetero) is 2. The summed E-state index contributed by atoms with van der Waals surface area (Å²) in [4.78, 5) is 66.0. The number of nitrogens with two attached hydrogens (primary N) is 1. The molecule has 65 heavy (non-hydrogen) atoms. The summed E-state index contributed by atoms with van der Waals surface area (Å²) in [7, 11) is -1.31. The van der Waals surface area contributed by atoms with Gasteiger partial charge in [-0.2, -0.15) is 15.5 Å². The molecule has 2 saturated carbocycles. The highest BCUT2D eigenvalue weighted by Crippen LogP contribution is 2.32. The summed E-state index contributed by atoms with van der Waals surface area (Å²) in [5.74, 6) is 1.05. The molecule has 4 aliphatic rings. The van der Waals surface area contributed by atoms with Crippen LogP contribution in [0.4, 0.5) is 17.3 Å². The Kier molecular flexibility index (Phi) is 13.7. The normalized spacial score (nSPS) is 16.7. The number of rotatable bonds is 5. The van der Waals surface area contributed by atoms with Crippen LogP contribution in [-0.4, -0.2) is 51.1 Å². The molecule has 4 aliphatic carbocycles. The van der Waals surface area contributed by atoms with Gasteiger partial charge in [0.25, 0.3) is 11.1 Å². The van der Waals surface area contributed by atoms with E-state index in [-0.39, 0.29) is 39.5 Å². The van der Waals surface area contributed by atoms with Crippen molar-refractivity contribution in [1.29, 1.82) is 10.5 Å². The Morgan fingerprint density at radius 3 is 1.69 bits per heavy atom. The Balaban J connectivity index is 0.000000146. The van der Waals surface area contributed by atoms with E-state index in [9.17, 15) is 28.6 Å². The van der Waals surface area contributed by atoms with E-state index in [1.165, 1.54) is 29.6 Å². The van der Waals surface area contributed by atoms with Gasteiger partial charge in [-0.3, -0.25) is 32.5 Å². The van der Waals surface area contributed by atoms with Crippen LogP contribution in [-0.2, 0) is 46.1 Å². The highest BCUT2D eigenvalue weighted by atomic mass is 32.2. The predicted molar refractivity (Wildman–Crippen MR) is 248 cm³/mol. The first kappa shape index (κ1) is 44.7. The lowest BCUT2D eigenvalue weighted by molar-refractivity contribution is -0.119. The lowest BCUT2D eigenvalue weighted by atomic mass is 10.0. The summed E-state index contributed by atoms with van der Waals surface area (Å²) in [6.07, 6.45) is 18.8. The standard InChI is InChI=1S/C24H23N5O2.C14H14N4O2S.C11H13NO/c25-13-17-10-18-14-26-24(28-22(18)29(23(17)31)20-5-1-2-6-20)27-19-9-8-16-12-21(30)7-3-4-15(16)11-19;1-21(20)14-16-8-10-6-9(7-15)13(19)18(12(10)17-14)11-4-2-3-5-11;12-10-5-4-9-7-11(13)3-1-2-8(9)6-10/h8-11,14,20H,1-7,12H2,(H,26,27,28);6,8,11H,2-5H2,1H3;4-6H,1-3,7,12H2. The van der Waals surface area contributed by atoms with E-state index in [4.69, 9.17) is 11.0 Å². The second-order valence-corrected chi connectivity index (χ2v) is 18.5. The maximum atomic E-state index is 12.9. The number of benzene rings is 2. The third-order valence-electron chi connectivity index (χ3n) is 12.7. The lowest BCUT2D eigenvalue weighted by Crippen LogP contribution is -2.27. The van der Waals surface area contributed by atoms with Crippen molar-refractivity contribution < 1.29 is 13.8 Å². The van der Waals surface area contributed by atoms with Gasteiger partial charge in [-0.25, -0.2) is 15.0 Å². The molecule has 4 aromatic heterocycles. The van der Waals surface area contributed by atoms with Gasteiger partial charge in [0.2, 0.25) is 11.1 Å². The van der Waals surface area contributed by atoms with E-state index in [0.717, 1.165) is 99.6 Å². The molecule has 6 aromatic rings. The van der Waals surface area contributed by atoms with Crippen LogP contribution in [0.25, 0.3) is 22.1 Å². The van der Waals surface area contributed by atoms with Gasteiger partial charge < -0.3 is 11.1 Å². The summed E-state index contributed by atoms with van der Waals surface area (Å²) in [6, 6.07) is 19.0. The number of pyridine rings is 2. The van der Waals surface area contributed by atoms with Gasteiger partial charge in [0, 0.05) is 78.6 Å². The molecule has 4 heterocycles. The van der Waals surface area contributed by atoms with Crippen LogP contribution in [0.15, 0.2) is 75.7 Å². The number of hydrogen-bond acceptors (Lipinski definition) is 13. The minimum Gasteiger partial charge on any atom is -0.399 e. The maximum absolute atomic E-state index is 12.9. The van der Waals surface area contributed by atoms with E-state index >= 15 is 0 Å². The van der Waals surface area contributed by atoms with Gasteiger partial charge in [0.05, 0.1) is 10.8 Å². The van der Waals surface area contributed by atoms with Gasteiger partial charge in [-0.15, -0.1) is 0 Å². The van der Waals surface area contributed by atoms with Gasteiger partial charge in [0.15, 0.2) is 0 Å². The highest BCUT2D eigenvalue weighted by Gasteiger charge is 2.25. The number of carbonyl (C=O) groups excluding carboxylic acids is 2.